The predicted molar refractivity (Wildman–Crippen MR) is 96.3 cm³/mol. The zero-order chi connectivity index (χ0) is 17.5. The third-order valence-electron chi connectivity index (χ3n) is 3.29. The fraction of sp³-hybridized carbons (Fsp3) is 0.0588. The normalized spacial score (nSPS) is 11.4. The second-order valence-electron chi connectivity index (χ2n) is 5.04. The van der Waals surface area contributed by atoms with Crippen molar-refractivity contribution in [3.63, 3.8) is 0 Å². The van der Waals surface area contributed by atoms with Crippen LogP contribution in [0.25, 0.3) is 0 Å². The molecule has 0 aliphatic carbocycles. The van der Waals surface area contributed by atoms with Crippen LogP contribution in [0.4, 0.5) is 15.6 Å². The van der Waals surface area contributed by atoms with Gasteiger partial charge in [-0.25, -0.2) is 4.79 Å². The number of nitrogens with one attached hydrogen (secondary N) is 3. The summed E-state index contributed by atoms with van der Waals surface area (Å²) in [5.41, 5.74) is 2.83. The molecule has 0 saturated heterocycles. The number of urea groups is 1. The van der Waals surface area contributed by atoms with Gasteiger partial charge in [0.25, 0.3) is 5.91 Å². The van der Waals surface area contributed by atoms with Gasteiger partial charge in [0.1, 0.15) is 11.6 Å². The number of hydrogen-bond acceptors (Lipinski definition) is 5. The molecule has 1 heterocycles. The minimum atomic E-state index is -0.852. The molecule has 0 saturated carbocycles. The minimum absolute atomic E-state index is 0.343. The van der Waals surface area contributed by atoms with Crippen molar-refractivity contribution in [1.29, 1.82) is 0 Å². The number of carbonyl (C=O) groups excluding carboxylic acids is 2. The van der Waals surface area contributed by atoms with Gasteiger partial charge in [0, 0.05) is 5.69 Å². The van der Waals surface area contributed by atoms with Crippen LogP contribution in [0.2, 0.25) is 0 Å². The Morgan fingerprint density at radius 1 is 0.920 bits per heavy atom. The van der Waals surface area contributed by atoms with E-state index in [0.717, 1.165) is 0 Å². The first-order valence-electron chi connectivity index (χ1n) is 7.47. The summed E-state index contributed by atoms with van der Waals surface area (Å²) in [6.45, 7) is 0. The lowest BCUT2D eigenvalue weighted by atomic mass is 10.1. The summed E-state index contributed by atoms with van der Waals surface area (Å²) >= 11 is 1.19. The van der Waals surface area contributed by atoms with Crippen molar-refractivity contribution in [3.05, 3.63) is 71.7 Å². The van der Waals surface area contributed by atoms with Gasteiger partial charge in [0.2, 0.25) is 5.13 Å². The molecule has 3 aromatic rings. The number of para-hydroxylation sites is 1. The van der Waals surface area contributed by atoms with Gasteiger partial charge in [-0.05, 0) is 17.7 Å². The summed E-state index contributed by atoms with van der Waals surface area (Å²) in [7, 11) is 0. The molecule has 3 N–H and O–H groups in total. The molecule has 0 fully saturated rings. The first kappa shape index (κ1) is 16.6. The standard InChI is InChI=1S/C17H15N5O2S/c23-15(19-13-9-5-2-6-10-13)14(12-7-3-1-4-8-12)20-16(24)21-17-22-18-11-25-17/h1-11,14H,(H,19,23)(H2,20,21,22,24)/t14-/m0/s1. The Balaban J connectivity index is 1.75. The summed E-state index contributed by atoms with van der Waals surface area (Å²) in [6, 6.07) is 16.7. The van der Waals surface area contributed by atoms with Gasteiger partial charge in [-0.1, -0.05) is 59.9 Å². The molecule has 0 aliphatic rings. The Labute approximate surface area is 148 Å². The van der Waals surface area contributed by atoms with Gasteiger partial charge in [0.15, 0.2) is 0 Å². The molecule has 7 nitrogen and oxygen atoms in total. The lowest BCUT2D eigenvalue weighted by molar-refractivity contribution is -0.118. The lowest BCUT2D eigenvalue weighted by Crippen LogP contribution is -2.39. The largest absolute Gasteiger partial charge is 0.324 e. The van der Waals surface area contributed by atoms with Gasteiger partial charge in [0.05, 0.1) is 0 Å². The van der Waals surface area contributed by atoms with Crippen LogP contribution in [0.3, 0.4) is 0 Å². The molecular formula is C17H15N5O2S. The Kier molecular flexibility index (Phi) is 5.32. The van der Waals surface area contributed by atoms with Crippen molar-refractivity contribution in [2.75, 3.05) is 10.6 Å². The maximum Gasteiger partial charge on any atom is 0.322 e. The van der Waals surface area contributed by atoms with Crippen LogP contribution in [-0.2, 0) is 4.79 Å². The molecule has 126 valence electrons. The zero-order valence-electron chi connectivity index (χ0n) is 13.0. The first-order chi connectivity index (χ1) is 12.2. The Morgan fingerprint density at radius 3 is 2.24 bits per heavy atom. The molecule has 0 bridgehead atoms. The smallest absolute Gasteiger partial charge is 0.322 e. The molecule has 0 aliphatic heterocycles. The molecule has 0 spiro atoms. The summed E-state index contributed by atoms with van der Waals surface area (Å²) in [6.07, 6.45) is 0. The highest BCUT2D eigenvalue weighted by atomic mass is 32.1. The van der Waals surface area contributed by atoms with E-state index in [-0.39, 0.29) is 5.91 Å². The van der Waals surface area contributed by atoms with E-state index in [4.69, 9.17) is 0 Å². The van der Waals surface area contributed by atoms with Crippen LogP contribution < -0.4 is 16.0 Å². The van der Waals surface area contributed by atoms with Crippen LogP contribution in [0, 0.1) is 0 Å². The number of aromatic nitrogens is 2. The van der Waals surface area contributed by atoms with Gasteiger partial charge in [-0.2, -0.15) is 0 Å². The summed E-state index contributed by atoms with van der Waals surface area (Å²) in [4.78, 5) is 24.9. The van der Waals surface area contributed by atoms with Gasteiger partial charge in [-0.15, -0.1) is 10.2 Å². The monoisotopic (exact) mass is 353 g/mol. The summed E-state index contributed by atoms with van der Waals surface area (Å²) in [5, 5.41) is 15.8. The lowest BCUT2D eigenvalue weighted by Gasteiger charge is -2.19. The zero-order valence-corrected chi connectivity index (χ0v) is 13.9. The first-order valence-corrected chi connectivity index (χ1v) is 8.35. The highest BCUT2D eigenvalue weighted by Gasteiger charge is 2.23. The molecular weight excluding hydrogens is 338 g/mol. The van der Waals surface area contributed by atoms with E-state index in [9.17, 15) is 9.59 Å². The van der Waals surface area contributed by atoms with Gasteiger partial charge < -0.3 is 10.6 Å². The van der Waals surface area contributed by atoms with Crippen molar-refractivity contribution < 1.29 is 9.59 Å². The van der Waals surface area contributed by atoms with E-state index in [1.54, 1.807) is 24.3 Å². The average Bonchev–Trinajstić information content (AvgIpc) is 3.14. The fourth-order valence-electron chi connectivity index (χ4n) is 2.17. The second-order valence-corrected chi connectivity index (χ2v) is 5.87. The average molecular weight is 353 g/mol. The van der Waals surface area contributed by atoms with E-state index in [1.807, 2.05) is 36.4 Å². The van der Waals surface area contributed by atoms with Crippen LogP contribution in [0.5, 0.6) is 0 Å². The molecule has 2 aromatic carbocycles. The fourth-order valence-corrected chi connectivity index (χ4v) is 2.61. The van der Waals surface area contributed by atoms with E-state index in [0.29, 0.717) is 16.4 Å². The van der Waals surface area contributed by atoms with E-state index >= 15 is 0 Å². The molecule has 0 unspecified atom stereocenters. The summed E-state index contributed by atoms with van der Waals surface area (Å²) in [5.74, 6) is -0.343. The van der Waals surface area contributed by atoms with Crippen molar-refractivity contribution in [2.45, 2.75) is 6.04 Å². The quantitative estimate of drug-likeness (QED) is 0.657. The van der Waals surface area contributed by atoms with Crippen molar-refractivity contribution in [3.8, 4) is 0 Å². The number of rotatable bonds is 5. The van der Waals surface area contributed by atoms with Gasteiger partial charge in [-0.3, -0.25) is 10.1 Å². The van der Waals surface area contributed by atoms with Crippen molar-refractivity contribution >= 4 is 34.1 Å². The van der Waals surface area contributed by atoms with Crippen molar-refractivity contribution in [1.82, 2.24) is 15.5 Å². The highest BCUT2D eigenvalue weighted by molar-refractivity contribution is 7.13. The van der Waals surface area contributed by atoms with Crippen molar-refractivity contribution in [2.24, 2.45) is 0 Å². The SMILES string of the molecule is O=C(Nc1nncs1)N[C@H](C(=O)Nc1ccccc1)c1ccccc1. The Hall–Kier alpha value is -3.26. The number of hydrogen-bond donors (Lipinski definition) is 3. The van der Waals surface area contributed by atoms with Crippen LogP contribution in [-0.4, -0.2) is 22.1 Å². The minimum Gasteiger partial charge on any atom is -0.324 e. The molecule has 3 rings (SSSR count). The highest BCUT2D eigenvalue weighted by Crippen LogP contribution is 2.17. The molecule has 25 heavy (non-hydrogen) atoms. The van der Waals surface area contributed by atoms with E-state index in [1.165, 1.54) is 16.8 Å². The number of carbonyl (C=O) groups is 2. The molecule has 1 atom stereocenters. The number of anilines is 2. The third-order valence-corrected chi connectivity index (χ3v) is 3.90. The Bertz CT molecular complexity index is 825. The number of benzene rings is 2. The van der Waals surface area contributed by atoms with E-state index < -0.39 is 12.1 Å². The Morgan fingerprint density at radius 2 is 1.60 bits per heavy atom. The molecule has 8 heteroatoms. The van der Waals surface area contributed by atoms with Crippen LogP contribution in [0.15, 0.2) is 66.2 Å². The van der Waals surface area contributed by atoms with Crippen LogP contribution in [0.1, 0.15) is 11.6 Å². The second kappa shape index (κ2) is 8.02. The van der Waals surface area contributed by atoms with Gasteiger partial charge >= 0.3 is 6.03 Å². The third kappa shape index (κ3) is 4.61. The number of amides is 3. The number of nitrogens with zero attached hydrogens (tertiary/aromatic N) is 2. The predicted octanol–water partition coefficient (Wildman–Crippen LogP) is 3.04. The van der Waals surface area contributed by atoms with E-state index in [2.05, 4.69) is 26.1 Å². The molecule has 0 radical (unpaired) electrons. The molecule has 1 aromatic heterocycles. The topological polar surface area (TPSA) is 96.0 Å². The maximum atomic E-state index is 12.7. The maximum absolute atomic E-state index is 12.7. The molecule has 3 amide bonds. The van der Waals surface area contributed by atoms with Crippen LogP contribution >= 0.6 is 11.3 Å². The summed E-state index contributed by atoms with van der Waals surface area (Å²) < 4.78 is 0.